The van der Waals surface area contributed by atoms with Crippen LogP contribution in [0.15, 0.2) is 42.7 Å². The summed E-state index contributed by atoms with van der Waals surface area (Å²) < 4.78 is 69.3. The predicted molar refractivity (Wildman–Crippen MR) is 106 cm³/mol. The van der Waals surface area contributed by atoms with Crippen LogP contribution < -0.4 is 10.6 Å². The number of carbonyl (C=O) groups is 1. The highest BCUT2D eigenvalue weighted by atomic mass is 35.5. The molecule has 4 rings (SSSR count). The van der Waals surface area contributed by atoms with E-state index in [4.69, 9.17) is 17.3 Å². The second kappa shape index (κ2) is 7.40. The minimum atomic E-state index is -4.71. The van der Waals surface area contributed by atoms with Crippen molar-refractivity contribution < 1.29 is 26.7 Å². The Morgan fingerprint density at radius 3 is 2.56 bits per heavy atom. The lowest BCUT2D eigenvalue weighted by Gasteiger charge is -2.37. The summed E-state index contributed by atoms with van der Waals surface area (Å²) in [5, 5.41) is -0.482. The van der Waals surface area contributed by atoms with Crippen molar-refractivity contribution in [3.05, 3.63) is 81.8 Å². The van der Waals surface area contributed by atoms with Crippen molar-refractivity contribution >= 4 is 29.0 Å². The summed E-state index contributed by atoms with van der Waals surface area (Å²) in [7, 11) is 0. The fraction of sp³-hybridized carbons (Fsp3) is 0.190. The maximum Gasteiger partial charge on any atom is 0.416 e. The van der Waals surface area contributed by atoms with Crippen LogP contribution in [0.25, 0.3) is 0 Å². The van der Waals surface area contributed by atoms with Gasteiger partial charge < -0.3 is 10.6 Å². The fourth-order valence-electron chi connectivity index (χ4n) is 3.96. The number of carbonyl (C=O) groups excluding carboxylic acids is 1. The average molecular weight is 469 g/mol. The molecule has 3 aromatic rings. The van der Waals surface area contributed by atoms with Crippen LogP contribution in [0.1, 0.15) is 22.4 Å². The number of fused-ring (bicyclic) bond motifs is 1. The van der Waals surface area contributed by atoms with Crippen LogP contribution in [0, 0.1) is 18.6 Å². The number of rotatable bonds is 3. The van der Waals surface area contributed by atoms with Crippen LogP contribution >= 0.6 is 11.6 Å². The molecule has 0 saturated carbocycles. The minimum Gasteiger partial charge on any atom is -0.367 e. The second-order valence-electron chi connectivity index (χ2n) is 7.34. The van der Waals surface area contributed by atoms with E-state index < -0.39 is 45.4 Å². The van der Waals surface area contributed by atoms with E-state index in [-0.39, 0.29) is 23.6 Å². The van der Waals surface area contributed by atoms with Gasteiger partial charge in [0.05, 0.1) is 22.5 Å². The van der Waals surface area contributed by atoms with Gasteiger partial charge in [0.15, 0.2) is 5.54 Å². The van der Waals surface area contributed by atoms with Gasteiger partial charge in [0.1, 0.15) is 17.5 Å². The first-order valence-electron chi connectivity index (χ1n) is 9.19. The van der Waals surface area contributed by atoms with Crippen molar-refractivity contribution in [2.24, 2.45) is 5.73 Å². The van der Waals surface area contributed by atoms with Crippen LogP contribution in [0.4, 0.5) is 33.5 Å². The van der Waals surface area contributed by atoms with E-state index in [2.05, 4.69) is 9.97 Å². The Bertz CT molecular complexity index is 1250. The molecular weight excluding hydrogens is 455 g/mol. The number of hydrogen-bond donors (Lipinski definition) is 1. The molecule has 0 spiro atoms. The Labute approximate surface area is 183 Å². The molecule has 32 heavy (non-hydrogen) atoms. The van der Waals surface area contributed by atoms with Gasteiger partial charge in [0.2, 0.25) is 5.91 Å². The first-order valence-corrected chi connectivity index (χ1v) is 9.57. The smallest absolute Gasteiger partial charge is 0.367 e. The number of hydrogen-bond acceptors (Lipinski definition) is 4. The van der Waals surface area contributed by atoms with Gasteiger partial charge in [-0.15, -0.1) is 0 Å². The van der Waals surface area contributed by atoms with Crippen LogP contribution in [0.2, 0.25) is 5.02 Å². The lowest BCUT2D eigenvalue weighted by atomic mass is 9.84. The van der Waals surface area contributed by atoms with Gasteiger partial charge in [-0.2, -0.15) is 13.2 Å². The number of nitrogens with zero attached hydrogens (tertiary/aromatic N) is 3. The normalized spacial score (nSPS) is 18.0. The van der Waals surface area contributed by atoms with Crippen LogP contribution in [0.5, 0.6) is 0 Å². The molecule has 1 aliphatic rings. The van der Waals surface area contributed by atoms with Gasteiger partial charge >= 0.3 is 6.18 Å². The fourth-order valence-corrected chi connectivity index (χ4v) is 4.12. The van der Waals surface area contributed by atoms with Crippen molar-refractivity contribution in [1.82, 2.24) is 9.97 Å². The highest BCUT2D eigenvalue weighted by Gasteiger charge is 2.53. The molecule has 1 amide bonds. The van der Waals surface area contributed by atoms with Crippen molar-refractivity contribution in [3.8, 4) is 0 Å². The minimum absolute atomic E-state index is 0.00291. The number of halogens is 6. The molecule has 2 N–H and O–H groups in total. The predicted octanol–water partition coefficient (Wildman–Crippen LogP) is 4.81. The number of aryl methyl sites for hydroxylation is 1. The number of anilines is 2. The first kappa shape index (κ1) is 21.9. The Balaban J connectivity index is 2.07. The quantitative estimate of drug-likeness (QED) is 0.442. The summed E-state index contributed by atoms with van der Waals surface area (Å²) in [6, 6.07) is 4.49. The number of benzene rings is 1. The summed E-state index contributed by atoms with van der Waals surface area (Å²) in [4.78, 5) is 22.1. The van der Waals surface area contributed by atoms with Gasteiger partial charge in [0, 0.05) is 29.9 Å². The largest absolute Gasteiger partial charge is 0.416 e. The summed E-state index contributed by atoms with van der Waals surface area (Å²) in [5.74, 6) is -3.60. The lowest BCUT2D eigenvalue weighted by molar-refractivity contribution is -0.137. The molecular formula is C21H14ClF5N4O. The zero-order valence-electron chi connectivity index (χ0n) is 16.3. The number of aromatic nitrogens is 2. The summed E-state index contributed by atoms with van der Waals surface area (Å²) in [5.41, 5.74) is 2.91. The van der Waals surface area contributed by atoms with E-state index in [1.54, 1.807) is 0 Å². The first-order chi connectivity index (χ1) is 14.9. The van der Waals surface area contributed by atoms with Crippen LogP contribution in [0.3, 0.4) is 0 Å². The molecule has 3 heterocycles. The Kier molecular flexibility index (Phi) is 5.08. The van der Waals surface area contributed by atoms with Crippen molar-refractivity contribution in [3.63, 3.8) is 0 Å². The molecule has 0 radical (unpaired) electrons. The maximum atomic E-state index is 15.0. The van der Waals surface area contributed by atoms with Gasteiger partial charge in [-0.3, -0.25) is 9.78 Å². The zero-order chi connectivity index (χ0) is 23.4. The number of pyridine rings is 2. The highest BCUT2D eigenvalue weighted by molar-refractivity contribution is 6.30. The number of alkyl halides is 3. The van der Waals surface area contributed by atoms with Gasteiger partial charge in [-0.1, -0.05) is 11.6 Å². The van der Waals surface area contributed by atoms with E-state index >= 15 is 0 Å². The molecule has 1 unspecified atom stereocenters. The molecule has 1 aromatic carbocycles. The second-order valence-corrected chi connectivity index (χ2v) is 7.75. The molecule has 0 saturated heterocycles. The van der Waals surface area contributed by atoms with E-state index in [0.717, 1.165) is 23.1 Å². The topological polar surface area (TPSA) is 72.1 Å². The molecule has 0 aliphatic carbocycles. The highest BCUT2D eigenvalue weighted by Crippen LogP contribution is 2.50. The molecule has 11 heteroatoms. The van der Waals surface area contributed by atoms with Crippen LogP contribution in [-0.4, -0.2) is 15.9 Å². The van der Waals surface area contributed by atoms with Crippen molar-refractivity contribution in [2.45, 2.75) is 25.1 Å². The van der Waals surface area contributed by atoms with Gasteiger partial charge in [-0.25, -0.2) is 13.8 Å². The van der Waals surface area contributed by atoms with E-state index in [1.807, 2.05) is 0 Å². The molecule has 1 atom stereocenters. The Hall–Kier alpha value is -3.27. The third-order valence-electron chi connectivity index (χ3n) is 5.32. The molecule has 1 aliphatic heterocycles. The molecule has 5 nitrogen and oxygen atoms in total. The van der Waals surface area contributed by atoms with Crippen molar-refractivity contribution in [2.75, 3.05) is 4.90 Å². The molecule has 0 bridgehead atoms. The monoisotopic (exact) mass is 468 g/mol. The number of nitrogens with two attached hydrogens (primary N) is 1. The Morgan fingerprint density at radius 1 is 1.19 bits per heavy atom. The molecule has 2 aromatic heterocycles. The van der Waals surface area contributed by atoms with Gasteiger partial charge in [-0.05, 0) is 36.8 Å². The van der Waals surface area contributed by atoms with Gasteiger partial charge in [0.25, 0.3) is 0 Å². The summed E-state index contributed by atoms with van der Waals surface area (Å²) >= 11 is 5.86. The average Bonchev–Trinajstić information content (AvgIpc) is 3.05. The van der Waals surface area contributed by atoms with E-state index in [0.29, 0.717) is 11.6 Å². The summed E-state index contributed by atoms with van der Waals surface area (Å²) in [6.45, 7) is 1.35. The maximum absolute atomic E-state index is 15.0. The van der Waals surface area contributed by atoms with E-state index in [9.17, 15) is 26.7 Å². The number of amides is 1. The Morgan fingerprint density at radius 2 is 1.91 bits per heavy atom. The third kappa shape index (κ3) is 3.35. The molecule has 0 fully saturated rings. The SMILES string of the molecule is Cc1cc(C(F)(F)F)cc(N2c3cnccc3CC2(C(N)=O)c2cc(Cl)c(F)cc2F)n1. The molecule has 166 valence electrons. The lowest BCUT2D eigenvalue weighted by Crippen LogP contribution is -2.52. The standard InChI is InChI=1S/C21H14ClF5N4O/c1-10-4-12(21(25,26)27)5-18(30-10)31-17-9-29-3-2-11(17)8-20(31,19(28)32)13-6-14(22)16(24)7-15(13)23/h2-7,9H,8H2,1H3,(H2,28,32). The summed E-state index contributed by atoms with van der Waals surface area (Å²) in [6.07, 6.45) is -2.22. The zero-order valence-corrected chi connectivity index (χ0v) is 17.1. The third-order valence-corrected chi connectivity index (χ3v) is 5.61. The van der Waals surface area contributed by atoms with Crippen LogP contribution in [-0.2, 0) is 22.9 Å². The van der Waals surface area contributed by atoms with E-state index in [1.165, 1.54) is 25.4 Å². The number of primary amides is 1. The van der Waals surface area contributed by atoms with Crippen molar-refractivity contribution in [1.29, 1.82) is 0 Å².